The molecule has 1 aliphatic heterocycles. The third-order valence-electron chi connectivity index (χ3n) is 5.44. The van der Waals surface area contributed by atoms with Gasteiger partial charge in [-0.15, -0.1) is 11.8 Å². The van der Waals surface area contributed by atoms with Crippen LogP contribution in [0.15, 0.2) is 88.7 Å². The average molecular weight is 482 g/mol. The third kappa shape index (κ3) is 4.82. The van der Waals surface area contributed by atoms with Gasteiger partial charge in [-0.3, -0.25) is 9.69 Å². The zero-order chi connectivity index (χ0) is 23.4. The molecule has 0 N–H and O–H groups in total. The van der Waals surface area contributed by atoms with E-state index in [1.165, 1.54) is 19.1 Å². The van der Waals surface area contributed by atoms with Gasteiger partial charge in [0.1, 0.15) is 0 Å². The number of amides is 1. The largest absolute Gasteiger partial charge is 0.452 e. The Morgan fingerprint density at radius 1 is 0.970 bits per heavy atom. The van der Waals surface area contributed by atoms with E-state index in [1.54, 1.807) is 28.8 Å². The summed E-state index contributed by atoms with van der Waals surface area (Å²) in [6, 6.07) is 23.0. The van der Waals surface area contributed by atoms with Crippen molar-refractivity contribution in [2.45, 2.75) is 22.8 Å². The number of fused-ring (bicyclic) bond motifs is 1. The molecular formula is C25H23NO5S2. The summed E-state index contributed by atoms with van der Waals surface area (Å²) in [5.74, 6) is -0.692. The van der Waals surface area contributed by atoms with Crippen molar-refractivity contribution >= 4 is 39.2 Å². The van der Waals surface area contributed by atoms with Gasteiger partial charge in [0.25, 0.3) is 5.91 Å². The third-order valence-corrected chi connectivity index (χ3v) is 8.36. The fraction of sp³-hybridized carbons (Fsp3) is 0.200. The van der Waals surface area contributed by atoms with Gasteiger partial charge < -0.3 is 4.74 Å². The van der Waals surface area contributed by atoms with Crippen LogP contribution in [0, 0.1) is 0 Å². The van der Waals surface area contributed by atoms with E-state index in [-0.39, 0.29) is 28.2 Å². The summed E-state index contributed by atoms with van der Waals surface area (Å²) in [6.07, 6.45) is 0. The number of sulfone groups is 1. The Kier molecular flexibility index (Phi) is 6.85. The SMILES string of the molecule is CCS(=O)(=O)c1ccccc1C(=O)OCC(=O)N1c2ccccc2SCC1c1ccccc1. The van der Waals surface area contributed by atoms with Crippen molar-refractivity contribution < 1.29 is 22.7 Å². The molecule has 3 aromatic carbocycles. The molecule has 0 saturated carbocycles. The first-order chi connectivity index (χ1) is 15.9. The number of hydrogen-bond donors (Lipinski definition) is 0. The molecule has 1 amide bonds. The van der Waals surface area contributed by atoms with Crippen LogP contribution in [0.1, 0.15) is 28.9 Å². The normalized spacial score (nSPS) is 15.5. The van der Waals surface area contributed by atoms with Crippen LogP contribution in [0.25, 0.3) is 0 Å². The van der Waals surface area contributed by atoms with E-state index in [0.29, 0.717) is 5.75 Å². The average Bonchev–Trinajstić information content (AvgIpc) is 2.86. The van der Waals surface area contributed by atoms with Gasteiger partial charge in [0.05, 0.1) is 27.9 Å². The van der Waals surface area contributed by atoms with Crippen LogP contribution in [0.4, 0.5) is 5.69 Å². The van der Waals surface area contributed by atoms with Crippen molar-refractivity contribution in [1.29, 1.82) is 0 Å². The molecule has 0 aliphatic carbocycles. The van der Waals surface area contributed by atoms with Crippen molar-refractivity contribution in [3.8, 4) is 0 Å². The number of esters is 1. The number of thioether (sulfide) groups is 1. The number of nitrogens with zero attached hydrogens (tertiary/aromatic N) is 1. The second-order valence-electron chi connectivity index (χ2n) is 7.44. The smallest absolute Gasteiger partial charge is 0.339 e. The van der Waals surface area contributed by atoms with Crippen LogP contribution in [0.2, 0.25) is 0 Å². The Labute approximate surface area is 197 Å². The minimum absolute atomic E-state index is 0.0682. The van der Waals surface area contributed by atoms with Crippen LogP contribution in [-0.4, -0.2) is 38.4 Å². The molecule has 0 fully saturated rings. The summed E-state index contributed by atoms with van der Waals surface area (Å²) in [5.41, 5.74) is 1.68. The van der Waals surface area contributed by atoms with E-state index in [0.717, 1.165) is 16.1 Å². The molecule has 0 radical (unpaired) electrons. The monoisotopic (exact) mass is 481 g/mol. The standard InChI is InChI=1S/C25H23NO5S2/c1-2-33(29,30)23-15-9-6-12-19(23)25(28)31-16-24(27)26-20-13-7-8-14-22(20)32-17-21(26)18-10-4-3-5-11-18/h3-15,21H,2,16-17H2,1H3. The van der Waals surface area contributed by atoms with Crippen molar-refractivity contribution in [3.63, 3.8) is 0 Å². The number of carbonyl (C=O) groups is 2. The molecule has 0 aromatic heterocycles. The quantitative estimate of drug-likeness (QED) is 0.482. The lowest BCUT2D eigenvalue weighted by Gasteiger charge is -2.37. The van der Waals surface area contributed by atoms with Crippen LogP contribution >= 0.6 is 11.8 Å². The van der Waals surface area contributed by atoms with Gasteiger partial charge in [0, 0.05) is 10.6 Å². The number of ether oxygens (including phenoxy) is 1. The summed E-state index contributed by atoms with van der Waals surface area (Å²) in [5, 5.41) is 0. The van der Waals surface area contributed by atoms with E-state index in [1.807, 2.05) is 54.6 Å². The van der Waals surface area contributed by atoms with E-state index in [4.69, 9.17) is 4.74 Å². The molecule has 33 heavy (non-hydrogen) atoms. The molecule has 3 aromatic rings. The number of hydrogen-bond acceptors (Lipinski definition) is 6. The number of carbonyl (C=O) groups excluding carboxylic acids is 2. The molecule has 170 valence electrons. The van der Waals surface area contributed by atoms with E-state index in [9.17, 15) is 18.0 Å². The molecule has 0 spiro atoms. The van der Waals surface area contributed by atoms with Crippen molar-refractivity contribution in [1.82, 2.24) is 0 Å². The summed E-state index contributed by atoms with van der Waals surface area (Å²) >= 11 is 1.67. The van der Waals surface area contributed by atoms with Crippen LogP contribution in [0.3, 0.4) is 0 Å². The zero-order valence-corrected chi connectivity index (χ0v) is 19.6. The summed E-state index contributed by atoms with van der Waals surface area (Å²) in [7, 11) is -3.62. The van der Waals surface area contributed by atoms with Crippen LogP contribution < -0.4 is 4.90 Å². The highest BCUT2D eigenvalue weighted by atomic mass is 32.2. The lowest BCUT2D eigenvalue weighted by Crippen LogP contribution is -2.41. The number of benzene rings is 3. The molecule has 8 heteroatoms. The Bertz CT molecular complexity index is 1270. The second-order valence-corrected chi connectivity index (χ2v) is 10.8. The molecule has 6 nitrogen and oxygen atoms in total. The van der Waals surface area contributed by atoms with Crippen molar-refractivity contribution in [2.24, 2.45) is 0 Å². The Balaban J connectivity index is 1.59. The second kappa shape index (κ2) is 9.80. The van der Waals surface area contributed by atoms with Gasteiger partial charge in [-0.2, -0.15) is 0 Å². The first kappa shape index (κ1) is 23.1. The molecule has 1 aliphatic rings. The highest BCUT2D eigenvalue weighted by Gasteiger charge is 2.33. The molecule has 1 heterocycles. The minimum atomic E-state index is -3.62. The van der Waals surface area contributed by atoms with Gasteiger partial charge in [-0.25, -0.2) is 13.2 Å². The fourth-order valence-electron chi connectivity index (χ4n) is 3.75. The molecular weight excluding hydrogens is 458 g/mol. The lowest BCUT2D eigenvalue weighted by atomic mass is 10.1. The van der Waals surface area contributed by atoms with Gasteiger partial charge in [-0.1, -0.05) is 61.5 Å². The highest BCUT2D eigenvalue weighted by molar-refractivity contribution is 7.99. The molecule has 0 saturated heterocycles. The Morgan fingerprint density at radius 3 is 2.39 bits per heavy atom. The van der Waals surface area contributed by atoms with Crippen LogP contribution in [0.5, 0.6) is 0 Å². The van der Waals surface area contributed by atoms with Gasteiger partial charge >= 0.3 is 5.97 Å². The number of anilines is 1. The Morgan fingerprint density at radius 2 is 1.64 bits per heavy atom. The zero-order valence-electron chi connectivity index (χ0n) is 18.0. The predicted octanol–water partition coefficient (Wildman–Crippen LogP) is 4.52. The van der Waals surface area contributed by atoms with Gasteiger partial charge in [-0.05, 0) is 29.8 Å². The summed E-state index contributed by atoms with van der Waals surface area (Å²) in [4.78, 5) is 28.6. The molecule has 1 atom stereocenters. The topological polar surface area (TPSA) is 80.7 Å². The maximum absolute atomic E-state index is 13.3. The van der Waals surface area contributed by atoms with Crippen molar-refractivity contribution in [3.05, 3.63) is 90.0 Å². The summed E-state index contributed by atoms with van der Waals surface area (Å²) < 4.78 is 30.0. The number of rotatable bonds is 6. The molecule has 4 rings (SSSR count). The minimum Gasteiger partial charge on any atom is -0.452 e. The maximum Gasteiger partial charge on any atom is 0.339 e. The van der Waals surface area contributed by atoms with Crippen molar-refractivity contribution in [2.75, 3.05) is 23.0 Å². The van der Waals surface area contributed by atoms with Gasteiger partial charge in [0.2, 0.25) is 0 Å². The molecule has 1 unspecified atom stereocenters. The Hall–Kier alpha value is -3.10. The molecule has 0 bridgehead atoms. The van der Waals surface area contributed by atoms with Crippen LogP contribution in [-0.2, 0) is 19.4 Å². The van der Waals surface area contributed by atoms with E-state index < -0.39 is 22.4 Å². The first-order valence-electron chi connectivity index (χ1n) is 10.5. The van der Waals surface area contributed by atoms with E-state index in [2.05, 4.69) is 0 Å². The van der Waals surface area contributed by atoms with E-state index >= 15 is 0 Å². The highest BCUT2D eigenvalue weighted by Crippen LogP contribution is 2.43. The predicted molar refractivity (Wildman–Crippen MR) is 128 cm³/mol. The number of para-hydroxylation sites is 1. The summed E-state index contributed by atoms with van der Waals surface area (Å²) in [6.45, 7) is 1.01. The fourth-order valence-corrected chi connectivity index (χ4v) is 6.01. The maximum atomic E-state index is 13.3. The first-order valence-corrected chi connectivity index (χ1v) is 13.1. The lowest BCUT2D eigenvalue weighted by molar-refractivity contribution is -0.122. The van der Waals surface area contributed by atoms with Gasteiger partial charge in [0.15, 0.2) is 16.4 Å².